The van der Waals surface area contributed by atoms with Crippen LogP contribution >= 0.6 is 11.8 Å². The minimum atomic E-state index is -4.45. The maximum atomic E-state index is 12.6. The number of nitrogens with one attached hydrogen (secondary N) is 3. The Morgan fingerprint density at radius 1 is 1.46 bits per heavy atom. The molecule has 1 unspecified atom stereocenters. The quantitative estimate of drug-likeness (QED) is 0.679. The van der Waals surface area contributed by atoms with E-state index in [1.807, 2.05) is 24.3 Å². The molecule has 1 amide bonds. The topological polar surface area (TPSA) is 79.0 Å². The molecule has 1 aliphatic heterocycles. The van der Waals surface area contributed by atoms with Gasteiger partial charge in [-0.3, -0.25) is 4.79 Å². The molecule has 3 N–H and O–H groups in total. The van der Waals surface area contributed by atoms with Crippen molar-refractivity contribution in [3.8, 4) is 0 Å². The number of fused-ring (bicyclic) bond motifs is 1. The van der Waals surface area contributed by atoms with Crippen LogP contribution in [0.5, 0.6) is 0 Å². The molecular formula is C18H19F3N4O2S. The van der Waals surface area contributed by atoms with Gasteiger partial charge in [-0.15, -0.1) is 0 Å². The van der Waals surface area contributed by atoms with Crippen LogP contribution in [0.1, 0.15) is 25.1 Å². The number of carbonyl (C=O) groups excluding carboxylic acids is 1. The lowest BCUT2D eigenvalue weighted by Crippen LogP contribution is -2.57. The van der Waals surface area contributed by atoms with Crippen LogP contribution in [-0.4, -0.2) is 39.8 Å². The number of H-pyrrole nitrogens is 1. The zero-order chi connectivity index (χ0) is 19.9. The Morgan fingerprint density at radius 3 is 2.93 bits per heavy atom. The number of aromatic amines is 1. The molecule has 2 heterocycles. The Balaban J connectivity index is 1.39. The van der Waals surface area contributed by atoms with Crippen molar-refractivity contribution < 1.29 is 22.7 Å². The third-order valence-corrected chi connectivity index (χ3v) is 6.07. The molecule has 10 heteroatoms. The number of halogens is 3. The largest absolute Gasteiger partial charge is 0.411 e. The second-order valence-electron chi connectivity index (χ2n) is 6.95. The lowest BCUT2D eigenvalue weighted by Gasteiger charge is -2.35. The Morgan fingerprint density at radius 2 is 2.25 bits per heavy atom. The second-order valence-corrected chi connectivity index (χ2v) is 8.07. The van der Waals surface area contributed by atoms with E-state index in [-0.39, 0.29) is 17.7 Å². The van der Waals surface area contributed by atoms with E-state index in [4.69, 9.17) is 4.74 Å². The smallest absolute Gasteiger partial charge is 0.353 e. The SMILES string of the molecule is C[C@@H](NC(=O)[C@H]1C[C@@H]1c1nc2ccccc2[nH]1)C1(OCC(F)(F)F)NC=CS1. The van der Waals surface area contributed by atoms with Crippen LogP contribution in [0.15, 0.2) is 35.9 Å². The van der Waals surface area contributed by atoms with E-state index in [9.17, 15) is 18.0 Å². The molecule has 0 spiro atoms. The summed E-state index contributed by atoms with van der Waals surface area (Å²) in [6, 6.07) is 6.94. The number of imidazole rings is 1. The molecule has 4 atom stereocenters. The normalized spacial score (nSPS) is 27.6. The summed E-state index contributed by atoms with van der Waals surface area (Å²) in [5, 5.41) is 5.82. The summed E-state index contributed by atoms with van der Waals surface area (Å²) < 4.78 is 42.9. The number of amides is 1. The van der Waals surface area contributed by atoms with Gasteiger partial charge >= 0.3 is 6.18 Å². The van der Waals surface area contributed by atoms with E-state index in [1.165, 1.54) is 6.20 Å². The van der Waals surface area contributed by atoms with Gasteiger partial charge < -0.3 is 20.4 Å². The van der Waals surface area contributed by atoms with E-state index >= 15 is 0 Å². The van der Waals surface area contributed by atoms with Gasteiger partial charge in [0.25, 0.3) is 0 Å². The fourth-order valence-corrected chi connectivity index (χ4v) is 4.15. The van der Waals surface area contributed by atoms with E-state index in [2.05, 4.69) is 20.6 Å². The number of para-hydroxylation sites is 2. The maximum Gasteiger partial charge on any atom is 0.411 e. The van der Waals surface area contributed by atoms with Crippen molar-refractivity contribution in [2.45, 2.75) is 36.5 Å². The highest BCUT2D eigenvalue weighted by molar-refractivity contribution is 8.03. The predicted molar refractivity (Wildman–Crippen MR) is 99.2 cm³/mol. The molecular weight excluding hydrogens is 393 g/mol. The molecule has 4 rings (SSSR count). The highest BCUT2D eigenvalue weighted by Crippen LogP contribution is 2.47. The van der Waals surface area contributed by atoms with Crippen LogP contribution in [0.4, 0.5) is 13.2 Å². The van der Waals surface area contributed by atoms with Gasteiger partial charge in [-0.1, -0.05) is 23.9 Å². The molecule has 2 aromatic rings. The second kappa shape index (κ2) is 7.00. The molecule has 1 aromatic heterocycles. The average Bonchev–Trinajstić information content (AvgIpc) is 3.10. The van der Waals surface area contributed by atoms with E-state index < -0.39 is 23.9 Å². The zero-order valence-electron chi connectivity index (χ0n) is 14.9. The summed E-state index contributed by atoms with van der Waals surface area (Å²) in [5.41, 5.74) is 1.75. The van der Waals surface area contributed by atoms with Crippen molar-refractivity contribution in [1.82, 2.24) is 20.6 Å². The van der Waals surface area contributed by atoms with Crippen molar-refractivity contribution in [3.05, 3.63) is 41.7 Å². The van der Waals surface area contributed by atoms with Crippen LogP contribution in [0.2, 0.25) is 0 Å². The lowest BCUT2D eigenvalue weighted by atomic mass is 10.2. The van der Waals surface area contributed by atoms with Crippen molar-refractivity contribution in [2.24, 2.45) is 5.92 Å². The van der Waals surface area contributed by atoms with Crippen LogP contribution in [0, 0.1) is 5.92 Å². The fourth-order valence-electron chi connectivity index (χ4n) is 3.29. The molecule has 6 nitrogen and oxygen atoms in total. The lowest BCUT2D eigenvalue weighted by molar-refractivity contribution is -0.195. The fraction of sp³-hybridized carbons (Fsp3) is 0.444. The summed E-state index contributed by atoms with van der Waals surface area (Å²) in [4.78, 5) is 20.4. The zero-order valence-corrected chi connectivity index (χ0v) is 15.7. The standard InChI is InChI=1S/C18H19F3N4O2S/c1-10(18(22-6-7-28-18)27-9-17(19,20)21)23-16(26)12-8-11(12)15-24-13-4-2-3-5-14(13)25-15/h2-7,10-12,22H,8-9H2,1H3,(H,23,26)(H,24,25)/t10-,11+,12+,18?/m1/s1. The molecule has 1 saturated carbocycles. The van der Waals surface area contributed by atoms with Gasteiger partial charge in [0.2, 0.25) is 11.0 Å². The van der Waals surface area contributed by atoms with Crippen LogP contribution < -0.4 is 10.6 Å². The molecule has 1 aliphatic carbocycles. The van der Waals surface area contributed by atoms with Gasteiger partial charge in [0, 0.05) is 18.0 Å². The highest BCUT2D eigenvalue weighted by atomic mass is 32.2. The third kappa shape index (κ3) is 3.83. The van der Waals surface area contributed by atoms with Crippen LogP contribution in [-0.2, 0) is 9.53 Å². The van der Waals surface area contributed by atoms with Gasteiger partial charge in [0.1, 0.15) is 12.4 Å². The number of alkyl halides is 3. The number of ether oxygens (including phenoxy) is 1. The van der Waals surface area contributed by atoms with E-state index in [0.29, 0.717) is 6.42 Å². The molecule has 1 fully saturated rings. The summed E-state index contributed by atoms with van der Waals surface area (Å²) in [5.74, 6) is 0.255. The number of thioether (sulfide) groups is 1. The Labute approximate surface area is 163 Å². The molecule has 150 valence electrons. The van der Waals surface area contributed by atoms with Crippen LogP contribution in [0.3, 0.4) is 0 Å². The van der Waals surface area contributed by atoms with Gasteiger partial charge in [0.05, 0.1) is 17.1 Å². The summed E-state index contributed by atoms with van der Waals surface area (Å²) in [6.07, 6.45) is -2.30. The maximum absolute atomic E-state index is 12.6. The first-order valence-corrected chi connectivity index (χ1v) is 9.72. The van der Waals surface area contributed by atoms with Gasteiger partial charge in [-0.25, -0.2) is 4.98 Å². The number of benzene rings is 1. The van der Waals surface area contributed by atoms with E-state index in [0.717, 1.165) is 28.6 Å². The van der Waals surface area contributed by atoms with Gasteiger partial charge in [-0.2, -0.15) is 13.2 Å². The number of nitrogens with zero attached hydrogens (tertiary/aromatic N) is 1. The van der Waals surface area contributed by atoms with E-state index in [1.54, 1.807) is 12.3 Å². The average molecular weight is 412 g/mol. The summed E-state index contributed by atoms with van der Waals surface area (Å²) >= 11 is 1.07. The van der Waals surface area contributed by atoms with Gasteiger partial charge in [0.15, 0.2) is 0 Å². The highest BCUT2D eigenvalue weighted by Gasteiger charge is 2.49. The number of hydrogen-bond acceptors (Lipinski definition) is 5. The molecule has 1 aromatic carbocycles. The molecule has 0 radical (unpaired) electrons. The van der Waals surface area contributed by atoms with Gasteiger partial charge in [-0.05, 0) is 30.9 Å². The number of rotatable bonds is 6. The monoisotopic (exact) mass is 412 g/mol. The first kappa shape index (κ1) is 19.1. The van der Waals surface area contributed by atoms with Crippen molar-refractivity contribution in [1.29, 1.82) is 0 Å². The summed E-state index contributed by atoms with van der Waals surface area (Å²) in [6.45, 7) is 0.222. The molecule has 0 bridgehead atoms. The summed E-state index contributed by atoms with van der Waals surface area (Å²) in [7, 11) is 0. The molecule has 0 saturated heterocycles. The molecule has 2 aliphatic rings. The minimum Gasteiger partial charge on any atom is -0.353 e. The first-order valence-electron chi connectivity index (χ1n) is 8.84. The Bertz CT molecular complexity index is 873. The van der Waals surface area contributed by atoms with Crippen molar-refractivity contribution in [2.75, 3.05) is 6.61 Å². The first-order chi connectivity index (χ1) is 13.3. The van der Waals surface area contributed by atoms with Crippen LogP contribution in [0.25, 0.3) is 11.0 Å². The number of hydrogen-bond donors (Lipinski definition) is 3. The minimum absolute atomic E-state index is 0.0195. The Hall–Kier alpha value is -2.20. The van der Waals surface area contributed by atoms with Crippen molar-refractivity contribution in [3.63, 3.8) is 0 Å². The predicted octanol–water partition coefficient (Wildman–Crippen LogP) is 3.21. The third-order valence-electron chi connectivity index (χ3n) is 4.86. The molecule has 28 heavy (non-hydrogen) atoms. The van der Waals surface area contributed by atoms with Crippen molar-refractivity contribution >= 4 is 28.7 Å². The number of carbonyl (C=O) groups is 1. The number of aromatic nitrogens is 2. The Kier molecular flexibility index (Phi) is 4.78.